The van der Waals surface area contributed by atoms with E-state index in [0.29, 0.717) is 16.9 Å². The molecule has 0 saturated carbocycles. The molecule has 16 heteroatoms. The number of thioether (sulfide) groups is 2. The van der Waals surface area contributed by atoms with Crippen molar-refractivity contribution in [1.82, 2.24) is 10.6 Å². The summed E-state index contributed by atoms with van der Waals surface area (Å²) in [4.78, 5) is 24.2. The van der Waals surface area contributed by atoms with Gasteiger partial charge in [-0.3, -0.25) is 9.59 Å². The predicted molar refractivity (Wildman–Crippen MR) is 173 cm³/mol. The number of hydrogen-bond acceptors (Lipinski definition) is 8. The van der Waals surface area contributed by atoms with Gasteiger partial charge in [0.15, 0.2) is 0 Å². The number of carbonyl (C=O) groups is 2. The molecule has 5 rings (SSSR count). The minimum atomic E-state index is -4.53. The summed E-state index contributed by atoms with van der Waals surface area (Å²) in [6, 6.07) is 15.2. The minimum absolute atomic E-state index is 0.250. The summed E-state index contributed by atoms with van der Waals surface area (Å²) in [6.45, 7) is 0. The van der Waals surface area contributed by atoms with Gasteiger partial charge in [-0.25, -0.2) is 0 Å². The molecule has 6 nitrogen and oxygen atoms in total. The molecule has 0 atom stereocenters. The van der Waals surface area contributed by atoms with Gasteiger partial charge in [-0.2, -0.15) is 26.3 Å². The van der Waals surface area contributed by atoms with Gasteiger partial charge in [0.1, 0.15) is 20.1 Å². The van der Waals surface area contributed by atoms with E-state index in [0.717, 1.165) is 41.7 Å². The molecule has 3 aromatic rings. The van der Waals surface area contributed by atoms with E-state index < -0.39 is 35.3 Å². The smallest absolute Gasteiger partial charge is 0.419 e. The Labute approximate surface area is 277 Å². The van der Waals surface area contributed by atoms with Crippen LogP contribution in [0.1, 0.15) is 27.8 Å². The molecule has 2 aliphatic rings. The molecule has 240 valence electrons. The monoisotopic (exact) mass is 714 g/mol. The Hall–Kier alpha value is -3.86. The lowest BCUT2D eigenvalue weighted by Crippen LogP contribution is -2.18. The average Bonchev–Trinajstić information content (AvgIpc) is 3.50. The van der Waals surface area contributed by atoms with E-state index in [-0.39, 0.29) is 35.3 Å². The van der Waals surface area contributed by atoms with E-state index in [4.69, 9.17) is 29.2 Å². The summed E-state index contributed by atoms with van der Waals surface area (Å²) in [6.07, 6.45) is -7.65. The lowest BCUT2D eigenvalue weighted by Gasteiger charge is -2.14. The highest BCUT2D eigenvalue weighted by atomic mass is 32.2. The van der Waals surface area contributed by atoms with Crippen LogP contribution in [0, 0.1) is 0 Å². The number of thiocarbonyl (C=S) groups is 2. The molecule has 46 heavy (non-hydrogen) atoms. The summed E-state index contributed by atoms with van der Waals surface area (Å²) in [5.74, 6) is -0.507. The third kappa shape index (κ3) is 8.48. The molecule has 2 amide bonds. The molecular formula is C30H20F6N2O4S4. The predicted octanol–water partition coefficient (Wildman–Crippen LogP) is 7.82. The van der Waals surface area contributed by atoms with Gasteiger partial charge in [0.05, 0.1) is 35.2 Å². The molecule has 2 saturated heterocycles. The largest absolute Gasteiger partial charge is 0.497 e. The van der Waals surface area contributed by atoms with Crippen LogP contribution in [0.15, 0.2) is 76.5 Å². The highest BCUT2D eigenvalue weighted by Crippen LogP contribution is 2.40. The number of nitrogens with one attached hydrogen (secondary N) is 2. The summed E-state index contributed by atoms with van der Waals surface area (Å²) < 4.78 is 88.3. The number of benzene rings is 3. The Bertz CT molecular complexity index is 1770. The Morgan fingerprint density at radius 1 is 0.761 bits per heavy atom. The maximum atomic E-state index is 13.1. The highest BCUT2D eigenvalue weighted by molar-refractivity contribution is 8.27. The first-order valence-corrected chi connectivity index (χ1v) is 15.1. The number of carbonyl (C=O) groups excluding carboxylic acids is 2. The van der Waals surface area contributed by atoms with Gasteiger partial charge in [-0.05, 0) is 59.2 Å². The van der Waals surface area contributed by atoms with Crippen LogP contribution >= 0.6 is 48.0 Å². The lowest BCUT2D eigenvalue weighted by atomic mass is 9.95. The van der Waals surface area contributed by atoms with Crippen molar-refractivity contribution in [2.45, 2.75) is 12.4 Å². The fraction of sp³-hybridized carbons (Fsp3) is 0.133. The highest BCUT2D eigenvalue weighted by Gasteiger charge is 2.35. The van der Waals surface area contributed by atoms with Gasteiger partial charge in [0, 0.05) is 5.57 Å². The van der Waals surface area contributed by atoms with Gasteiger partial charge in [0.2, 0.25) is 0 Å². The first-order chi connectivity index (χ1) is 21.6. The van der Waals surface area contributed by atoms with E-state index in [2.05, 4.69) is 15.4 Å². The van der Waals surface area contributed by atoms with E-state index >= 15 is 0 Å². The van der Waals surface area contributed by atoms with Crippen LogP contribution in [-0.4, -0.2) is 34.7 Å². The molecule has 2 N–H and O–H groups in total. The van der Waals surface area contributed by atoms with Gasteiger partial charge in [-0.15, -0.1) is 0 Å². The zero-order chi connectivity index (χ0) is 33.8. The van der Waals surface area contributed by atoms with Crippen molar-refractivity contribution in [2.75, 3.05) is 14.2 Å². The van der Waals surface area contributed by atoms with Gasteiger partial charge in [0.25, 0.3) is 11.8 Å². The molecular weight excluding hydrogens is 695 g/mol. The second-order valence-corrected chi connectivity index (χ2v) is 12.6. The van der Waals surface area contributed by atoms with Crippen LogP contribution in [0.5, 0.6) is 11.5 Å². The topological polar surface area (TPSA) is 76.7 Å². The van der Waals surface area contributed by atoms with Crippen LogP contribution in [0.3, 0.4) is 0 Å². The van der Waals surface area contributed by atoms with Crippen molar-refractivity contribution < 1.29 is 45.4 Å². The molecule has 3 aromatic carbocycles. The van der Waals surface area contributed by atoms with E-state index in [1.807, 2.05) is 0 Å². The number of halogens is 6. The van der Waals surface area contributed by atoms with Crippen LogP contribution < -0.4 is 20.1 Å². The molecule has 0 aliphatic carbocycles. The Morgan fingerprint density at radius 2 is 1.41 bits per heavy atom. The quantitative estimate of drug-likeness (QED) is 0.158. The van der Waals surface area contributed by atoms with E-state index in [1.54, 1.807) is 24.3 Å². The number of ether oxygens (including phenoxy) is 2. The average molecular weight is 715 g/mol. The molecule has 2 heterocycles. The molecule has 2 aliphatic heterocycles. The standard InChI is InChI=1S/C18H12F3NO2S2.C12H8F3NO2S2/c1-24-13-7-5-10(6-8-13)14(15-16(23)22-17(25)26-15)11-3-2-4-12(9-11)18(19,20)21;1-18-8-3-2-6(4-7(8)12(13,14)15)5-9-10(17)16-11(19)20-9/h2-9H,1H3,(H,22,23,25);2-5H,1H3,(H,16,17,19)/b15-14-;9-5-. The molecule has 0 aromatic heterocycles. The number of alkyl halides is 6. The third-order valence-corrected chi connectivity index (χ3v) is 8.57. The Morgan fingerprint density at radius 3 is 1.93 bits per heavy atom. The van der Waals surface area contributed by atoms with E-state index in [1.165, 1.54) is 44.6 Å². The van der Waals surface area contributed by atoms with Gasteiger partial charge in [-0.1, -0.05) is 78.3 Å². The summed E-state index contributed by atoms with van der Waals surface area (Å²) >= 11 is 11.9. The molecule has 2 fully saturated rings. The first kappa shape index (κ1) is 35.0. The van der Waals surface area contributed by atoms with Crippen LogP contribution in [0.2, 0.25) is 0 Å². The third-order valence-electron chi connectivity index (χ3n) is 6.17. The maximum Gasteiger partial charge on any atom is 0.419 e. The minimum Gasteiger partial charge on any atom is -0.497 e. The lowest BCUT2D eigenvalue weighted by molar-refractivity contribution is -0.139. The second kappa shape index (κ2) is 14.3. The zero-order valence-corrected chi connectivity index (χ0v) is 26.7. The van der Waals surface area contributed by atoms with Crippen molar-refractivity contribution in [3.8, 4) is 11.5 Å². The molecule has 0 radical (unpaired) electrons. The Balaban J connectivity index is 0.000000216. The maximum absolute atomic E-state index is 13.1. The number of hydrogen-bond donors (Lipinski definition) is 2. The van der Waals surface area contributed by atoms with Crippen molar-refractivity contribution in [1.29, 1.82) is 0 Å². The van der Waals surface area contributed by atoms with Crippen molar-refractivity contribution in [3.05, 3.63) is 104 Å². The van der Waals surface area contributed by atoms with Crippen LogP contribution in [-0.2, 0) is 21.9 Å². The van der Waals surface area contributed by atoms with Crippen LogP contribution in [0.25, 0.3) is 11.6 Å². The van der Waals surface area contributed by atoms with Gasteiger partial charge < -0.3 is 20.1 Å². The fourth-order valence-electron chi connectivity index (χ4n) is 4.13. The Kier molecular flexibility index (Phi) is 10.9. The van der Waals surface area contributed by atoms with Crippen molar-refractivity contribution in [2.24, 2.45) is 0 Å². The number of rotatable bonds is 5. The first-order valence-electron chi connectivity index (χ1n) is 12.7. The number of amides is 2. The summed E-state index contributed by atoms with van der Waals surface area (Å²) in [5.41, 5.74) is -0.158. The molecule has 0 spiro atoms. The molecule has 0 bridgehead atoms. The number of methoxy groups -OCH3 is 2. The fourth-order valence-corrected chi connectivity index (χ4v) is 6.32. The normalized spacial score (nSPS) is 16.9. The zero-order valence-electron chi connectivity index (χ0n) is 23.5. The van der Waals surface area contributed by atoms with Crippen LogP contribution in [0.4, 0.5) is 26.3 Å². The summed E-state index contributed by atoms with van der Waals surface area (Å²) in [5, 5.41) is 4.90. The second-order valence-electron chi connectivity index (χ2n) is 9.16. The molecule has 0 unspecified atom stereocenters. The summed E-state index contributed by atoms with van der Waals surface area (Å²) in [7, 11) is 2.68. The van der Waals surface area contributed by atoms with Gasteiger partial charge >= 0.3 is 12.4 Å². The SMILES string of the molecule is COc1ccc(/C(=C2/SC(=S)NC2=O)c2cccc(C(F)(F)F)c2)cc1.COc1ccc(/C=C2\SC(=S)NC2=O)cc1C(F)(F)F. The van der Waals surface area contributed by atoms with Crippen molar-refractivity contribution in [3.63, 3.8) is 0 Å². The van der Waals surface area contributed by atoms with E-state index in [9.17, 15) is 35.9 Å². The van der Waals surface area contributed by atoms with Crippen molar-refractivity contribution >= 4 is 80.1 Å².